The first-order chi connectivity index (χ1) is 32.1. The Balaban J connectivity index is 0.00000741. The summed E-state index contributed by atoms with van der Waals surface area (Å²) >= 11 is 0. The number of hydrogen-bond acceptors (Lipinski definition) is 5. The Morgan fingerprint density at radius 1 is 0.463 bits per heavy atom. The highest BCUT2D eigenvalue weighted by molar-refractivity contribution is 7.80. The Morgan fingerprint density at radius 3 is 1.24 bits per heavy atom. The van der Waals surface area contributed by atoms with E-state index in [2.05, 4.69) is 198 Å². The minimum Gasteiger partial charge on any atom is -0.455 e. The highest BCUT2D eigenvalue weighted by atomic mass is 31.1. The van der Waals surface area contributed by atoms with E-state index in [4.69, 9.17) is 4.74 Å². The van der Waals surface area contributed by atoms with E-state index in [1.165, 1.54) is 86.6 Å². The molecule has 0 saturated heterocycles. The van der Waals surface area contributed by atoms with Gasteiger partial charge in [-0.3, -0.25) is 14.7 Å². The molecule has 1 heterocycles. The summed E-state index contributed by atoms with van der Waals surface area (Å²) in [7, 11) is -1.63. The largest absolute Gasteiger partial charge is 0.455 e. The lowest BCUT2D eigenvalue weighted by molar-refractivity contribution is 0.218. The first kappa shape index (κ1) is 53.0. The van der Waals surface area contributed by atoms with E-state index in [0.29, 0.717) is 5.66 Å². The van der Waals surface area contributed by atoms with Gasteiger partial charge in [-0.15, -0.1) is 0 Å². The van der Waals surface area contributed by atoms with Gasteiger partial charge in [-0.2, -0.15) is 0 Å². The van der Waals surface area contributed by atoms with Crippen LogP contribution in [0.15, 0.2) is 109 Å². The average molecular weight is 941 g/mol. The van der Waals surface area contributed by atoms with Crippen molar-refractivity contribution in [2.24, 2.45) is 5.92 Å². The van der Waals surface area contributed by atoms with Gasteiger partial charge in [0, 0.05) is 53.3 Å². The third-order valence-electron chi connectivity index (χ3n) is 15.1. The monoisotopic (exact) mass is 941 g/mol. The summed E-state index contributed by atoms with van der Waals surface area (Å²) in [5.74, 6) is 2.96. The van der Waals surface area contributed by atoms with Crippen molar-refractivity contribution >= 4 is 42.4 Å². The molecule has 5 aromatic rings. The van der Waals surface area contributed by atoms with Crippen LogP contribution in [-0.4, -0.2) is 84.2 Å². The van der Waals surface area contributed by atoms with Crippen LogP contribution in [0, 0.1) is 5.92 Å². The van der Waals surface area contributed by atoms with Crippen molar-refractivity contribution in [3.05, 3.63) is 137 Å². The Hall–Kier alpha value is -3.40. The number of ether oxygens (including phenoxy) is 1. The van der Waals surface area contributed by atoms with Crippen LogP contribution in [0.2, 0.25) is 0 Å². The molecule has 0 spiro atoms. The van der Waals surface area contributed by atoms with Crippen LogP contribution in [0.4, 0.5) is 0 Å². The highest BCUT2D eigenvalue weighted by Crippen LogP contribution is 2.55. The average Bonchev–Trinajstić information content (AvgIpc) is 3.35. The SMILES string of the molecule is C.CCN(CC)Cc1ccc(P(c2ccc(CN(CC)CC)cc2)c2cccc3c2Oc2c(P(c4ccc(CN(CC)CC)cc4)C4CCC(CN(CC)CC)CC4)cccc2C3(C)C)cc1. The number of hydrogen-bond donors (Lipinski definition) is 0. The van der Waals surface area contributed by atoms with Gasteiger partial charge < -0.3 is 9.64 Å². The molecule has 5 aromatic carbocycles. The third kappa shape index (κ3) is 12.3. The third-order valence-corrected chi connectivity index (χ3v) is 20.6. The maximum atomic E-state index is 7.72. The fourth-order valence-corrected chi connectivity index (χ4v) is 16.0. The predicted molar refractivity (Wildman–Crippen MR) is 297 cm³/mol. The zero-order chi connectivity index (χ0) is 46.8. The van der Waals surface area contributed by atoms with E-state index in [1.807, 2.05) is 0 Å². The normalized spacial score (nSPS) is 17.1. The molecule has 362 valence electrons. The minimum atomic E-state index is -0.937. The molecule has 1 aliphatic carbocycles. The summed E-state index contributed by atoms with van der Waals surface area (Å²) in [4.78, 5) is 10.2. The number of rotatable bonds is 22. The maximum absolute atomic E-state index is 7.72. The summed E-state index contributed by atoms with van der Waals surface area (Å²) in [5, 5.41) is 6.96. The molecule has 0 radical (unpaired) electrons. The van der Waals surface area contributed by atoms with E-state index < -0.39 is 15.8 Å². The molecule has 1 unspecified atom stereocenters. The van der Waals surface area contributed by atoms with Crippen LogP contribution < -0.4 is 31.3 Å². The molecule has 0 N–H and O–H groups in total. The summed E-state index contributed by atoms with van der Waals surface area (Å²) in [5.41, 5.74) is 7.11. The molecule has 0 bridgehead atoms. The van der Waals surface area contributed by atoms with Gasteiger partial charge in [0.25, 0.3) is 0 Å². The standard InChI is InChI=1S/C59H82N4OP2.CH4/c1-11-60(12-2)41-45-25-33-49(34-26-45)65(50-35-27-46(28-36-50)42-61(13-3)14-4)55-23-19-21-53-57(55)64-58-54(59(53,9)10)22-20-24-56(58)66(51-37-29-47(30-38-51)43-62(15-5)16-6)52-39-31-48(32-40-52)44-63(17-7)18-8;/h19-30,33-38,48,52H,11-18,31-32,39-44H2,1-10H3;1H4. The van der Waals surface area contributed by atoms with Gasteiger partial charge in [-0.25, -0.2) is 0 Å². The summed E-state index contributed by atoms with van der Waals surface area (Å²) < 4.78 is 7.72. The van der Waals surface area contributed by atoms with E-state index in [9.17, 15) is 0 Å². The molecule has 5 nitrogen and oxygen atoms in total. The molecule has 0 amide bonds. The minimum absolute atomic E-state index is 0. The lowest BCUT2D eigenvalue weighted by Crippen LogP contribution is -2.35. The fraction of sp³-hybridized carbons (Fsp3) is 0.500. The molecule has 1 aliphatic heterocycles. The van der Waals surface area contributed by atoms with Gasteiger partial charge in [0.15, 0.2) is 0 Å². The summed E-state index contributed by atoms with van der Waals surface area (Å²) in [6.45, 7) is 35.9. The fourth-order valence-electron chi connectivity index (χ4n) is 10.6. The first-order valence-electron chi connectivity index (χ1n) is 25.8. The highest BCUT2D eigenvalue weighted by Gasteiger charge is 2.41. The van der Waals surface area contributed by atoms with Crippen LogP contribution in [-0.2, 0) is 25.0 Å². The Kier molecular flexibility index (Phi) is 19.7. The quantitative estimate of drug-likeness (QED) is 0.0643. The smallest absolute Gasteiger partial charge is 0.139 e. The van der Waals surface area contributed by atoms with Crippen LogP contribution in [0.5, 0.6) is 11.5 Å². The van der Waals surface area contributed by atoms with Crippen molar-refractivity contribution in [1.82, 2.24) is 19.6 Å². The van der Waals surface area contributed by atoms with Crippen molar-refractivity contribution in [3.63, 3.8) is 0 Å². The van der Waals surface area contributed by atoms with Crippen molar-refractivity contribution in [2.75, 3.05) is 58.9 Å². The van der Waals surface area contributed by atoms with E-state index in [1.54, 1.807) is 0 Å². The summed E-state index contributed by atoms with van der Waals surface area (Å²) in [6.07, 6.45) is 5.15. The molecule has 7 heteroatoms. The Labute approximate surface area is 411 Å². The molecule has 1 saturated carbocycles. The van der Waals surface area contributed by atoms with Crippen molar-refractivity contribution in [3.8, 4) is 11.5 Å². The molecule has 67 heavy (non-hydrogen) atoms. The van der Waals surface area contributed by atoms with Crippen LogP contribution >= 0.6 is 15.8 Å². The van der Waals surface area contributed by atoms with Gasteiger partial charge in [0.1, 0.15) is 11.5 Å². The van der Waals surface area contributed by atoms with Crippen molar-refractivity contribution in [2.45, 2.75) is 133 Å². The van der Waals surface area contributed by atoms with Gasteiger partial charge >= 0.3 is 0 Å². The number of nitrogens with zero attached hydrogens (tertiary/aromatic N) is 4. The second-order valence-corrected chi connectivity index (χ2v) is 23.9. The molecule has 1 fully saturated rings. The number of fused-ring (bicyclic) bond motifs is 2. The molecule has 0 aromatic heterocycles. The zero-order valence-electron chi connectivity index (χ0n) is 42.5. The lowest BCUT2D eigenvalue weighted by Gasteiger charge is -2.40. The van der Waals surface area contributed by atoms with E-state index >= 15 is 0 Å². The van der Waals surface area contributed by atoms with Crippen LogP contribution in [0.3, 0.4) is 0 Å². The van der Waals surface area contributed by atoms with Gasteiger partial charge in [0.2, 0.25) is 0 Å². The second kappa shape index (κ2) is 24.9. The molecule has 2 aliphatic rings. The molecular formula is C60H86N4OP2. The Bertz CT molecular complexity index is 2190. The Morgan fingerprint density at radius 2 is 0.836 bits per heavy atom. The van der Waals surface area contributed by atoms with Gasteiger partial charge in [0.05, 0.1) is 0 Å². The number of benzene rings is 5. The van der Waals surface area contributed by atoms with Gasteiger partial charge in [-0.1, -0.05) is 186 Å². The van der Waals surface area contributed by atoms with Gasteiger partial charge in [-0.05, 0) is 138 Å². The zero-order valence-corrected chi connectivity index (χ0v) is 44.2. The molecular weight excluding hydrogens is 855 g/mol. The lowest BCUT2D eigenvalue weighted by atomic mass is 9.76. The molecule has 7 rings (SSSR count). The van der Waals surface area contributed by atoms with Crippen LogP contribution in [0.25, 0.3) is 0 Å². The maximum Gasteiger partial charge on any atom is 0.139 e. The predicted octanol–water partition coefficient (Wildman–Crippen LogP) is 12.4. The second-order valence-electron chi connectivity index (χ2n) is 19.3. The van der Waals surface area contributed by atoms with Crippen LogP contribution in [0.1, 0.15) is 130 Å². The van der Waals surface area contributed by atoms with Crippen molar-refractivity contribution < 1.29 is 4.74 Å². The number of para-hydroxylation sites is 2. The van der Waals surface area contributed by atoms with E-state index in [0.717, 1.165) is 89.4 Å². The summed E-state index contributed by atoms with van der Waals surface area (Å²) in [6, 6.07) is 43.2. The first-order valence-corrected chi connectivity index (χ1v) is 28.5. The topological polar surface area (TPSA) is 22.2 Å². The van der Waals surface area contributed by atoms with Crippen molar-refractivity contribution in [1.29, 1.82) is 0 Å². The molecule has 1 atom stereocenters. The van der Waals surface area contributed by atoms with E-state index in [-0.39, 0.29) is 12.8 Å².